The Morgan fingerprint density at radius 3 is 2.74 bits per heavy atom. The van der Waals surface area contributed by atoms with E-state index in [0.29, 0.717) is 11.1 Å². The summed E-state index contributed by atoms with van der Waals surface area (Å²) in [4.78, 5) is 12.0. The van der Waals surface area contributed by atoms with E-state index in [-0.39, 0.29) is 11.7 Å². The van der Waals surface area contributed by atoms with E-state index < -0.39 is 0 Å². The molecule has 94 valence electrons. The minimum absolute atomic E-state index is 0.191. The van der Waals surface area contributed by atoms with Gasteiger partial charge >= 0.3 is 0 Å². The van der Waals surface area contributed by atoms with Crippen molar-refractivity contribution in [2.45, 2.75) is 6.92 Å². The van der Waals surface area contributed by atoms with Gasteiger partial charge in [0, 0.05) is 22.4 Å². The van der Waals surface area contributed by atoms with Crippen molar-refractivity contribution in [3.05, 3.63) is 65.0 Å². The van der Waals surface area contributed by atoms with Crippen molar-refractivity contribution in [1.82, 2.24) is 0 Å². The van der Waals surface area contributed by atoms with Crippen molar-refractivity contribution >= 4 is 23.2 Å². The molecule has 0 spiro atoms. The molecule has 3 rings (SSSR count). The van der Waals surface area contributed by atoms with Gasteiger partial charge < -0.3 is 5.32 Å². The van der Waals surface area contributed by atoms with E-state index in [2.05, 4.69) is 5.32 Å². The largest absolute Gasteiger partial charge is 0.321 e. The van der Waals surface area contributed by atoms with Gasteiger partial charge in [0.25, 0.3) is 5.91 Å². The fourth-order valence-corrected chi connectivity index (χ4v) is 2.19. The van der Waals surface area contributed by atoms with Crippen LogP contribution < -0.4 is 5.32 Å². The molecule has 1 N–H and O–H groups in total. The van der Waals surface area contributed by atoms with Crippen LogP contribution in [0.15, 0.2) is 42.5 Å². The Morgan fingerprint density at radius 1 is 1.16 bits per heavy atom. The summed E-state index contributed by atoms with van der Waals surface area (Å²) < 4.78 is 13.6. The third-order valence-corrected chi connectivity index (χ3v) is 3.16. The number of rotatable bonds is 1. The smallest absolute Gasteiger partial charge is 0.256 e. The highest BCUT2D eigenvalue weighted by Gasteiger charge is 2.24. The number of nitrogens with one attached hydrogen (secondary N) is 1. The monoisotopic (exact) mass is 253 g/mol. The number of aryl methyl sites for hydroxylation is 1. The third kappa shape index (κ3) is 2.03. The van der Waals surface area contributed by atoms with Gasteiger partial charge in [0.2, 0.25) is 0 Å². The van der Waals surface area contributed by atoms with E-state index in [1.807, 2.05) is 25.1 Å². The first-order valence-electron chi connectivity index (χ1n) is 6.04. The molecule has 1 heterocycles. The van der Waals surface area contributed by atoms with Crippen LogP contribution in [0.3, 0.4) is 0 Å². The molecule has 0 unspecified atom stereocenters. The topological polar surface area (TPSA) is 29.1 Å². The Morgan fingerprint density at radius 2 is 1.95 bits per heavy atom. The van der Waals surface area contributed by atoms with E-state index in [4.69, 9.17) is 0 Å². The lowest BCUT2D eigenvalue weighted by Gasteiger charge is -2.01. The van der Waals surface area contributed by atoms with Crippen LogP contribution in [0.1, 0.15) is 16.7 Å². The number of benzene rings is 2. The van der Waals surface area contributed by atoms with Gasteiger partial charge in [-0.1, -0.05) is 29.8 Å². The fourth-order valence-electron chi connectivity index (χ4n) is 2.19. The number of hydrogen-bond acceptors (Lipinski definition) is 1. The molecule has 0 bridgehead atoms. The second-order valence-electron chi connectivity index (χ2n) is 4.58. The summed E-state index contributed by atoms with van der Waals surface area (Å²) >= 11 is 0. The van der Waals surface area contributed by atoms with Crippen molar-refractivity contribution in [3.63, 3.8) is 0 Å². The summed E-state index contributed by atoms with van der Waals surface area (Å²) in [6, 6.07) is 12.2. The van der Waals surface area contributed by atoms with Crippen LogP contribution in [0.5, 0.6) is 0 Å². The van der Waals surface area contributed by atoms with Crippen molar-refractivity contribution in [2.75, 3.05) is 5.32 Å². The fraction of sp³-hybridized carbons (Fsp3) is 0.0625. The maximum absolute atomic E-state index is 13.6. The third-order valence-electron chi connectivity index (χ3n) is 3.16. The van der Waals surface area contributed by atoms with Crippen LogP contribution in [0.4, 0.5) is 10.1 Å². The minimum atomic E-state index is -0.330. The average Bonchev–Trinajstić information content (AvgIpc) is 2.69. The summed E-state index contributed by atoms with van der Waals surface area (Å²) in [6.07, 6.45) is 1.59. The van der Waals surface area contributed by atoms with Crippen molar-refractivity contribution in [1.29, 1.82) is 0 Å². The molecule has 1 amide bonds. The number of hydrogen-bond donors (Lipinski definition) is 1. The predicted molar refractivity (Wildman–Crippen MR) is 74.1 cm³/mol. The molecule has 0 aliphatic carbocycles. The zero-order chi connectivity index (χ0) is 13.4. The molecule has 0 saturated heterocycles. The molecule has 0 atom stereocenters. The quantitative estimate of drug-likeness (QED) is 0.772. The average molecular weight is 253 g/mol. The zero-order valence-electron chi connectivity index (χ0n) is 10.4. The number of carbonyl (C=O) groups excluding carboxylic acids is 1. The standard InChI is InChI=1S/C16H12FNO/c1-10-6-7-15-12(8-10)13(16(19)18-15)9-11-4-2-3-5-14(11)17/h2-9H,1H3,(H,18,19). The lowest BCUT2D eigenvalue weighted by atomic mass is 10.0. The Hall–Kier alpha value is -2.42. The lowest BCUT2D eigenvalue weighted by molar-refractivity contribution is -0.110. The van der Waals surface area contributed by atoms with Crippen molar-refractivity contribution < 1.29 is 9.18 Å². The highest BCUT2D eigenvalue weighted by Crippen LogP contribution is 2.33. The molecule has 2 nitrogen and oxygen atoms in total. The SMILES string of the molecule is Cc1ccc2c(c1)C(=Cc1ccccc1F)C(=O)N2. The van der Waals surface area contributed by atoms with Crippen LogP contribution in [0.2, 0.25) is 0 Å². The van der Waals surface area contributed by atoms with Crippen LogP contribution in [-0.2, 0) is 4.79 Å². The van der Waals surface area contributed by atoms with Gasteiger partial charge in [-0.3, -0.25) is 4.79 Å². The van der Waals surface area contributed by atoms with Gasteiger partial charge in [-0.2, -0.15) is 0 Å². The normalized spacial score (nSPS) is 15.5. The van der Waals surface area contributed by atoms with Crippen LogP contribution in [0, 0.1) is 12.7 Å². The van der Waals surface area contributed by atoms with Crippen molar-refractivity contribution in [3.8, 4) is 0 Å². The summed E-state index contributed by atoms with van der Waals surface area (Å²) in [5.41, 5.74) is 3.59. The first-order valence-corrected chi connectivity index (χ1v) is 6.04. The van der Waals surface area contributed by atoms with Crippen molar-refractivity contribution in [2.24, 2.45) is 0 Å². The van der Waals surface area contributed by atoms with Gasteiger partial charge in [0.05, 0.1) is 0 Å². The summed E-state index contributed by atoms with van der Waals surface area (Å²) in [6.45, 7) is 1.96. The van der Waals surface area contributed by atoms with E-state index in [1.165, 1.54) is 6.07 Å². The van der Waals surface area contributed by atoms with Gasteiger partial charge in [-0.05, 0) is 31.2 Å². The highest BCUT2D eigenvalue weighted by atomic mass is 19.1. The Bertz CT molecular complexity index is 704. The number of halogens is 1. The first-order chi connectivity index (χ1) is 9.15. The molecule has 0 fully saturated rings. The number of amides is 1. The van der Waals surface area contributed by atoms with Gasteiger partial charge in [-0.15, -0.1) is 0 Å². The molecule has 3 heteroatoms. The number of anilines is 1. The molecule has 19 heavy (non-hydrogen) atoms. The van der Waals surface area contributed by atoms with Gasteiger partial charge in [0.15, 0.2) is 0 Å². The second-order valence-corrected chi connectivity index (χ2v) is 4.58. The summed E-state index contributed by atoms with van der Waals surface area (Å²) in [5, 5.41) is 2.78. The first kappa shape index (κ1) is 11.7. The molecule has 0 radical (unpaired) electrons. The molecule has 1 aliphatic heterocycles. The number of carbonyl (C=O) groups is 1. The molecule has 0 saturated carbocycles. The van der Waals surface area contributed by atoms with E-state index >= 15 is 0 Å². The molecular weight excluding hydrogens is 241 g/mol. The number of fused-ring (bicyclic) bond motifs is 1. The Balaban J connectivity index is 2.14. The molecule has 2 aromatic rings. The molecule has 1 aliphatic rings. The van der Waals surface area contributed by atoms with Crippen LogP contribution in [-0.4, -0.2) is 5.91 Å². The second kappa shape index (κ2) is 4.35. The minimum Gasteiger partial charge on any atom is -0.321 e. The zero-order valence-corrected chi connectivity index (χ0v) is 10.4. The van der Waals surface area contributed by atoms with Gasteiger partial charge in [0.1, 0.15) is 5.82 Å². The van der Waals surface area contributed by atoms with Gasteiger partial charge in [-0.25, -0.2) is 4.39 Å². The van der Waals surface area contributed by atoms with E-state index in [9.17, 15) is 9.18 Å². The Labute approximate surface area is 110 Å². The van der Waals surface area contributed by atoms with E-state index in [0.717, 1.165) is 16.8 Å². The predicted octanol–water partition coefficient (Wildman–Crippen LogP) is 3.63. The summed E-state index contributed by atoms with van der Waals surface area (Å²) in [5.74, 6) is -0.521. The lowest BCUT2D eigenvalue weighted by Crippen LogP contribution is -2.03. The van der Waals surface area contributed by atoms with Crippen LogP contribution in [0.25, 0.3) is 11.6 Å². The molecule has 0 aromatic heterocycles. The maximum atomic E-state index is 13.6. The van der Waals surface area contributed by atoms with E-state index in [1.54, 1.807) is 24.3 Å². The highest BCUT2D eigenvalue weighted by molar-refractivity contribution is 6.34. The van der Waals surface area contributed by atoms with Crippen LogP contribution >= 0.6 is 0 Å². The maximum Gasteiger partial charge on any atom is 0.256 e. The summed E-state index contributed by atoms with van der Waals surface area (Å²) in [7, 11) is 0. The Kier molecular flexibility index (Phi) is 2.67. The molecule has 2 aromatic carbocycles. The molecular formula is C16H12FNO.